The first kappa shape index (κ1) is 17.7. The van der Waals surface area contributed by atoms with Crippen LogP contribution in [0, 0.1) is 6.92 Å². The van der Waals surface area contributed by atoms with E-state index in [0.717, 1.165) is 11.3 Å². The number of hydrogen-bond acceptors (Lipinski definition) is 6. The summed E-state index contributed by atoms with van der Waals surface area (Å²) in [6.07, 6.45) is 3.31. The Morgan fingerprint density at radius 3 is 2.54 bits per heavy atom. The minimum atomic E-state index is -1.10. The summed E-state index contributed by atoms with van der Waals surface area (Å²) in [6.45, 7) is 1.75. The number of carboxylic acids is 2. The Kier molecular flexibility index (Phi) is 4.81. The van der Waals surface area contributed by atoms with Crippen molar-refractivity contribution in [3.63, 3.8) is 0 Å². The van der Waals surface area contributed by atoms with E-state index in [2.05, 4.69) is 9.97 Å². The van der Waals surface area contributed by atoms with Crippen LogP contribution in [0.4, 0.5) is 0 Å². The molecule has 0 unspecified atom stereocenters. The summed E-state index contributed by atoms with van der Waals surface area (Å²) in [7, 11) is 0. The number of pyridine rings is 1. The highest BCUT2D eigenvalue weighted by Crippen LogP contribution is 2.29. The Labute approximate surface area is 151 Å². The van der Waals surface area contributed by atoms with Gasteiger partial charge < -0.3 is 10.2 Å². The van der Waals surface area contributed by atoms with E-state index in [1.54, 1.807) is 31.5 Å². The molecule has 0 saturated carbocycles. The standard InChI is InChI=1S/C17H15N3O5S/c1-9-12-15(26-13(9)17(24)25)19-14(10-4-6-18-7-5-10)20(16(12)23)8-2-3-11(21)22/h4-7H,2-3,8H2,1H3,(H,21,22)(H,24,25). The molecule has 3 aromatic heterocycles. The number of aliphatic carboxylic acids is 1. The smallest absolute Gasteiger partial charge is 0.346 e. The van der Waals surface area contributed by atoms with E-state index in [9.17, 15) is 19.5 Å². The molecule has 3 rings (SSSR count). The monoisotopic (exact) mass is 373 g/mol. The Balaban J connectivity index is 2.24. The Hall–Kier alpha value is -3.07. The molecule has 2 N–H and O–H groups in total. The molecule has 3 heterocycles. The highest BCUT2D eigenvalue weighted by molar-refractivity contribution is 7.20. The molecule has 0 aliphatic rings. The lowest BCUT2D eigenvalue weighted by Gasteiger charge is -2.12. The molecule has 8 nitrogen and oxygen atoms in total. The van der Waals surface area contributed by atoms with Crippen molar-refractivity contribution in [2.45, 2.75) is 26.3 Å². The largest absolute Gasteiger partial charge is 0.481 e. The maximum Gasteiger partial charge on any atom is 0.346 e. The molecular formula is C17H15N3O5S. The molecule has 0 aromatic carbocycles. The number of thiophene rings is 1. The zero-order chi connectivity index (χ0) is 18.8. The third-order valence-electron chi connectivity index (χ3n) is 3.96. The molecule has 0 fully saturated rings. The molecule has 134 valence electrons. The van der Waals surface area contributed by atoms with Crippen molar-refractivity contribution in [3.8, 4) is 11.4 Å². The molecule has 0 aliphatic carbocycles. The molecule has 3 aromatic rings. The van der Waals surface area contributed by atoms with E-state index >= 15 is 0 Å². The number of rotatable bonds is 6. The van der Waals surface area contributed by atoms with Gasteiger partial charge in [-0.05, 0) is 31.0 Å². The van der Waals surface area contributed by atoms with Gasteiger partial charge in [0.2, 0.25) is 0 Å². The summed E-state index contributed by atoms with van der Waals surface area (Å²) in [4.78, 5) is 44.1. The van der Waals surface area contributed by atoms with Gasteiger partial charge in [0.15, 0.2) is 0 Å². The van der Waals surface area contributed by atoms with Gasteiger partial charge >= 0.3 is 11.9 Å². The van der Waals surface area contributed by atoms with Gasteiger partial charge in [-0.15, -0.1) is 11.3 Å². The zero-order valence-electron chi connectivity index (χ0n) is 13.8. The average molecular weight is 373 g/mol. The highest BCUT2D eigenvalue weighted by atomic mass is 32.1. The Morgan fingerprint density at radius 2 is 1.92 bits per heavy atom. The third-order valence-corrected chi connectivity index (χ3v) is 5.13. The lowest BCUT2D eigenvalue weighted by molar-refractivity contribution is -0.137. The minimum Gasteiger partial charge on any atom is -0.481 e. The third kappa shape index (κ3) is 3.21. The summed E-state index contributed by atoms with van der Waals surface area (Å²) >= 11 is 0.959. The normalized spacial score (nSPS) is 11.0. The van der Waals surface area contributed by atoms with Crippen molar-refractivity contribution >= 4 is 33.5 Å². The van der Waals surface area contributed by atoms with Crippen LogP contribution in [0.1, 0.15) is 28.1 Å². The second-order valence-corrected chi connectivity index (χ2v) is 6.67. The van der Waals surface area contributed by atoms with Crippen molar-refractivity contribution < 1.29 is 19.8 Å². The van der Waals surface area contributed by atoms with E-state index in [1.807, 2.05) is 0 Å². The van der Waals surface area contributed by atoms with Crippen LogP contribution in [0.25, 0.3) is 21.6 Å². The van der Waals surface area contributed by atoms with E-state index in [-0.39, 0.29) is 35.2 Å². The maximum atomic E-state index is 13.0. The van der Waals surface area contributed by atoms with Crippen LogP contribution in [0.2, 0.25) is 0 Å². The number of carboxylic acid groups (broad SMARTS) is 2. The van der Waals surface area contributed by atoms with Gasteiger partial charge in [0.1, 0.15) is 15.5 Å². The SMILES string of the molecule is Cc1c(C(=O)O)sc2nc(-c3ccncc3)n(CCCC(=O)O)c(=O)c12. The van der Waals surface area contributed by atoms with Crippen molar-refractivity contribution in [1.29, 1.82) is 0 Å². The molecule has 0 spiro atoms. The molecule has 26 heavy (non-hydrogen) atoms. The van der Waals surface area contributed by atoms with Gasteiger partial charge in [-0.3, -0.25) is 19.1 Å². The van der Waals surface area contributed by atoms with E-state index in [0.29, 0.717) is 21.8 Å². The fraction of sp³-hybridized carbons (Fsp3) is 0.235. The van der Waals surface area contributed by atoms with Crippen LogP contribution in [0.15, 0.2) is 29.3 Å². The van der Waals surface area contributed by atoms with Gasteiger partial charge in [0.25, 0.3) is 5.56 Å². The average Bonchev–Trinajstić information content (AvgIpc) is 2.94. The molecule has 9 heteroatoms. The second kappa shape index (κ2) is 7.04. The number of hydrogen-bond donors (Lipinski definition) is 2. The minimum absolute atomic E-state index is 0.0774. The van der Waals surface area contributed by atoms with E-state index in [1.165, 1.54) is 4.57 Å². The number of carbonyl (C=O) groups is 2. The van der Waals surface area contributed by atoms with Crippen LogP contribution < -0.4 is 5.56 Å². The lowest BCUT2D eigenvalue weighted by Crippen LogP contribution is -2.24. The Morgan fingerprint density at radius 1 is 1.23 bits per heavy atom. The summed E-state index contributed by atoms with van der Waals surface area (Å²) in [5, 5.41) is 18.4. The van der Waals surface area contributed by atoms with Crippen LogP contribution in [0.3, 0.4) is 0 Å². The van der Waals surface area contributed by atoms with Crippen molar-refractivity contribution in [1.82, 2.24) is 14.5 Å². The summed E-state index contributed by atoms with van der Waals surface area (Å²) in [5.74, 6) is -1.68. The van der Waals surface area contributed by atoms with E-state index < -0.39 is 11.9 Å². The van der Waals surface area contributed by atoms with Crippen molar-refractivity contribution in [3.05, 3.63) is 45.3 Å². The predicted molar refractivity (Wildman–Crippen MR) is 95.7 cm³/mol. The van der Waals surface area contributed by atoms with Gasteiger partial charge in [-0.2, -0.15) is 0 Å². The molecular weight excluding hydrogens is 358 g/mol. The van der Waals surface area contributed by atoms with Crippen LogP contribution in [-0.2, 0) is 11.3 Å². The topological polar surface area (TPSA) is 122 Å². The molecule has 0 aliphatic heterocycles. The zero-order valence-corrected chi connectivity index (χ0v) is 14.6. The van der Waals surface area contributed by atoms with Gasteiger partial charge in [0.05, 0.1) is 5.39 Å². The quantitative estimate of drug-likeness (QED) is 0.680. The predicted octanol–water partition coefficient (Wildman–Crippen LogP) is 2.39. The number of aromatic carboxylic acids is 1. The van der Waals surface area contributed by atoms with Crippen LogP contribution in [0.5, 0.6) is 0 Å². The first-order valence-electron chi connectivity index (χ1n) is 7.79. The lowest BCUT2D eigenvalue weighted by atomic mass is 10.2. The Bertz CT molecular complexity index is 1060. The fourth-order valence-electron chi connectivity index (χ4n) is 2.74. The van der Waals surface area contributed by atoms with Crippen LogP contribution >= 0.6 is 11.3 Å². The summed E-state index contributed by atoms with van der Waals surface area (Å²) in [5.41, 5.74) is 0.661. The van der Waals surface area contributed by atoms with Gasteiger partial charge in [0, 0.05) is 30.9 Å². The number of aromatic nitrogens is 3. The first-order chi connectivity index (χ1) is 12.4. The number of nitrogens with zero attached hydrogens (tertiary/aromatic N) is 3. The van der Waals surface area contributed by atoms with E-state index in [4.69, 9.17) is 5.11 Å². The summed E-state index contributed by atoms with van der Waals surface area (Å²) in [6, 6.07) is 3.39. The number of fused-ring (bicyclic) bond motifs is 1. The van der Waals surface area contributed by atoms with Crippen LogP contribution in [-0.4, -0.2) is 36.7 Å². The fourth-order valence-corrected chi connectivity index (χ4v) is 3.75. The molecule has 0 atom stereocenters. The van der Waals surface area contributed by atoms with Crippen molar-refractivity contribution in [2.24, 2.45) is 0 Å². The van der Waals surface area contributed by atoms with Gasteiger partial charge in [-0.25, -0.2) is 9.78 Å². The molecule has 0 amide bonds. The van der Waals surface area contributed by atoms with Crippen molar-refractivity contribution in [2.75, 3.05) is 0 Å². The number of aryl methyl sites for hydroxylation is 1. The molecule has 0 bridgehead atoms. The summed E-state index contributed by atoms with van der Waals surface area (Å²) < 4.78 is 1.41. The maximum absolute atomic E-state index is 13.0. The molecule has 0 radical (unpaired) electrons. The second-order valence-electron chi connectivity index (χ2n) is 5.67. The highest BCUT2D eigenvalue weighted by Gasteiger charge is 2.21. The van der Waals surface area contributed by atoms with Gasteiger partial charge in [-0.1, -0.05) is 0 Å². The first-order valence-corrected chi connectivity index (χ1v) is 8.61. The molecule has 0 saturated heterocycles.